The third-order valence-corrected chi connectivity index (χ3v) is 2.41. The van der Waals surface area contributed by atoms with E-state index < -0.39 is 0 Å². The molecule has 1 aromatic rings. The van der Waals surface area contributed by atoms with Crippen molar-refractivity contribution in [2.45, 2.75) is 32.6 Å². The van der Waals surface area contributed by atoms with Crippen LogP contribution in [0.5, 0.6) is 5.88 Å². The lowest BCUT2D eigenvalue weighted by Crippen LogP contribution is -2.07. The van der Waals surface area contributed by atoms with Crippen molar-refractivity contribution >= 4 is 5.95 Å². The van der Waals surface area contributed by atoms with Crippen molar-refractivity contribution in [1.29, 1.82) is 0 Å². The molecule has 0 aliphatic heterocycles. The third-order valence-electron chi connectivity index (χ3n) is 2.41. The lowest BCUT2D eigenvalue weighted by Gasteiger charge is -2.07. The molecule has 17 heavy (non-hydrogen) atoms. The second-order valence-corrected chi connectivity index (χ2v) is 3.94. The maximum atomic E-state index is 8.64. The summed E-state index contributed by atoms with van der Waals surface area (Å²) in [4.78, 5) is 8.48. The number of aliphatic hydroxyl groups excluding tert-OH is 1. The number of hydrogen-bond donors (Lipinski definition) is 2. The van der Waals surface area contributed by atoms with E-state index in [2.05, 4.69) is 15.3 Å². The first-order chi connectivity index (χ1) is 8.26. The molecular formula is C12H21N3O2. The second-order valence-electron chi connectivity index (χ2n) is 3.94. The van der Waals surface area contributed by atoms with Gasteiger partial charge in [-0.25, -0.2) is 4.98 Å². The van der Waals surface area contributed by atoms with Gasteiger partial charge in [-0.1, -0.05) is 12.8 Å². The van der Waals surface area contributed by atoms with Gasteiger partial charge in [0.1, 0.15) is 0 Å². The lowest BCUT2D eigenvalue weighted by molar-refractivity contribution is 0.283. The summed E-state index contributed by atoms with van der Waals surface area (Å²) in [7, 11) is 1.60. The Morgan fingerprint density at radius 3 is 2.71 bits per heavy atom. The van der Waals surface area contributed by atoms with Crippen molar-refractivity contribution in [2.75, 3.05) is 25.6 Å². The van der Waals surface area contributed by atoms with Crippen LogP contribution in [0.2, 0.25) is 0 Å². The highest BCUT2D eigenvalue weighted by atomic mass is 16.5. The molecule has 0 radical (unpaired) electrons. The minimum absolute atomic E-state index is 0.283. The average molecular weight is 239 g/mol. The van der Waals surface area contributed by atoms with Gasteiger partial charge < -0.3 is 15.2 Å². The molecule has 0 fully saturated rings. The van der Waals surface area contributed by atoms with Gasteiger partial charge in [0.15, 0.2) is 0 Å². The molecule has 0 aromatic carbocycles. The van der Waals surface area contributed by atoms with Crippen LogP contribution in [0.15, 0.2) is 6.07 Å². The minimum Gasteiger partial charge on any atom is -0.481 e. The van der Waals surface area contributed by atoms with E-state index in [1.165, 1.54) is 0 Å². The van der Waals surface area contributed by atoms with Crippen LogP contribution in [0.4, 0.5) is 5.95 Å². The van der Waals surface area contributed by atoms with Crippen molar-refractivity contribution in [3.63, 3.8) is 0 Å². The molecule has 5 nitrogen and oxygen atoms in total. The Balaban J connectivity index is 2.28. The maximum absolute atomic E-state index is 8.64. The van der Waals surface area contributed by atoms with E-state index in [9.17, 15) is 0 Å². The fourth-order valence-electron chi connectivity index (χ4n) is 1.51. The maximum Gasteiger partial charge on any atom is 0.226 e. The van der Waals surface area contributed by atoms with Crippen LogP contribution in [-0.4, -0.2) is 35.3 Å². The highest BCUT2D eigenvalue weighted by Gasteiger charge is 2.01. The van der Waals surface area contributed by atoms with Crippen molar-refractivity contribution in [3.8, 4) is 5.88 Å². The number of aromatic nitrogens is 2. The van der Waals surface area contributed by atoms with Gasteiger partial charge in [0.25, 0.3) is 0 Å². The number of nitrogens with zero attached hydrogens (tertiary/aromatic N) is 2. The minimum atomic E-state index is 0.283. The number of methoxy groups -OCH3 is 1. The summed E-state index contributed by atoms with van der Waals surface area (Å²) in [5.41, 5.74) is 0.889. The molecule has 5 heteroatoms. The first kappa shape index (κ1) is 13.7. The van der Waals surface area contributed by atoms with Gasteiger partial charge in [0.05, 0.1) is 7.11 Å². The average Bonchev–Trinajstić information content (AvgIpc) is 2.33. The summed E-state index contributed by atoms with van der Waals surface area (Å²) in [6.45, 7) is 3.04. The standard InChI is InChI=1S/C12H21N3O2/c1-10-9-11(17-2)15-12(14-10)13-7-5-3-4-6-8-16/h9,16H,3-8H2,1-2H3,(H,13,14,15). The van der Waals surface area contributed by atoms with Crippen LogP contribution in [0.1, 0.15) is 31.4 Å². The number of nitrogens with one attached hydrogen (secondary N) is 1. The Morgan fingerprint density at radius 1 is 1.24 bits per heavy atom. The number of unbranched alkanes of at least 4 members (excludes halogenated alkanes) is 3. The number of aryl methyl sites for hydroxylation is 1. The summed E-state index contributed by atoms with van der Waals surface area (Å²) in [5.74, 6) is 1.20. The number of rotatable bonds is 8. The van der Waals surface area contributed by atoms with Gasteiger partial charge in [-0.05, 0) is 19.8 Å². The molecule has 0 spiro atoms. The summed E-state index contributed by atoms with van der Waals surface area (Å²) >= 11 is 0. The molecule has 1 heterocycles. The molecule has 1 aromatic heterocycles. The van der Waals surface area contributed by atoms with Gasteiger partial charge >= 0.3 is 0 Å². The Hall–Kier alpha value is -1.36. The first-order valence-electron chi connectivity index (χ1n) is 6.00. The van der Waals surface area contributed by atoms with Crippen molar-refractivity contribution in [2.24, 2.45) is 0 Å². The molecular weight excluding hydrogens is 218 g/mol. The van der Waals surface area contributed by atoms with Gasteiger partial charge in [-0.2, -0.15) is 4.98 Å². The van der Waals surface area contributed by atoms with E-state index in [0.717, 1.165) is 37.9 Å². The van der Waals surface area contributed by atoms with Crippen LogP contribution in [0, 0.1) is 6.92 Å². The monoisotopic (exact) mass is 239 g/mol. The van der Waals surface area contributed by atoms with Gasteiger partial charge in [-0.15, -0.1) is 0 Å². The molecule has 0 aliphatic rings. The fraction of sp³-hybridized carbons (Fsp3) is 0.667. The van der Waals surface area contributed by atoms with Gasteiger partial charge in [-0.3, -0.25) is 0 Å². The van der Waals surface area contributed by atoms with Crippen molar-refractivity contribution in [1.82, 2.24) is 9.97 Å². The molecule has 2 N–H and O–H groups in total. The summed E-state index contributed by atoms with van der Waals surface area (Å²) in [6.07, 6.45) is 4.11. The normalized spacial score (nSPS) is 10.3. The SMILES string of the molecule is COc1cc(C)nc(NCCCCCCO)n1. The molecule has 0 unspecified atom stereocenters. The second kappa shape index (κ2) is 7.84. The highest BCUT2D eigenvalue weighted by Crippen LogP contribution is 2.11. The quantitative estimate of drug-likeness (QED) is 0.677. The van der Waals surface area contributed by atoms with Crippen LogP contribution >= 0.6 is 0 Å². The van der Waals surface area contributed by atoms with E-state index in [1.54, 1.807) is 13.2 Å². The topological polar surface area (TPSA) is 67.3 Å². The number of ether oxygens (including phenoxy) is 1. The number of aliphatic hydroxyl groups is 1. The number of hydrogen-bond acceptors (Lipinski definition) is 5. The summed E-state index contributed by atoms with van der Waals surface area (Å²) < 4.78 is 5.08. The fourth-order valence-corrected chi connectivity index (χ4v) is 1.51. The lowest BCUT2D eigenvalue weighted by atomic mass is 10.2. The molecule has 0 saturated carbocycles. The van der Waals surface area contributed by atoms with Crippen molar-refractivity contribution < 1.29 is 9.84 Å². The molecule has 0 amide bonds. The Labute approximate surface area is 102 Å². The van der Waals surface area contributed by atoms with E-state index in [0.29, 0.717) is 11.8 Å². The summed E-state index contributed by atoms with van der Waals surface area (Å²) in [6, 6.07) is 1.80. The molecule has 0 aliphatic carbocycles. The predicted octanol–water partition coefficient (Wildman–Crippen LogP) is 1.76. The smallest absolute Gasteiger partial charge is 0.226 e. The molecule has 96 valence electrons. The number of anilines is 1. The van der Waals surface area contributed by atoms with E-state index >= 15 is 0 Å². The Morgan fingerprint density at radius 2 is 2.00 bits per heavy atom. The third kappa shape index (κ3) is 5.49. The van der Waals surface area contributed by atoms with Gasteiger partial charge in [0, 0.05) is 24.9 Å². The Kier molecular flexibility index (Phi) is 6.32. The van der Waals surface area contributed by atoms with E-state index in [1.807, 2.05) is 6.92 Å². The van der Waals surface area contributed by atoms with Crippen LogP contribution in [0.25, 0.3) is 0 Å². The van der Waals surface area contributed by atoms with Crippen molar-refractivity contribution in [3.05, 3.63) is 11.8 Å². The molecule has 0 atom stereocenters. The zero-order chi connectivity index (χ0) is 12.5. The largest absolute Gasteiger partial charge is 0.481 e. The molecule has 0 bridgehead atoms. The molecule has 0 saturated heterocycles. The van der Waals surface area contributed by atoms with E-state index in [-0.39, 0.29) is 6.61 Å². The predicted molar refractivity (Wildman–Crippen MR) is 67.4 cm³/mol. The van der Waals surface area contributed by atoms with Gasteiger partial charge in [0.2, 0.25) is 11.8 Å². The van der Waals surface area contributed by atoms with E-state index in [4.69, 9.17) is 9.84 Å². The van der Waals surface area contributed by atoms with Crippen LogP contribution in [0.3, 0.4) is 0 Å². The molecule has 1 rings (SSSR count). The zero-order valence-corrected chi connectivity index (χ0v) is 10.6. The Bertz CT molecular complexity index is 332. The summed E-state index contributed by atoms with van der Waals surface area (Å²) in [5, 5.41) is 11.8. The zero-order valence-electron chi connectivity index (χ0n) is 10.6. The van der Waals surface area contributed by atoms with Crippen LogP contribution < -0.4 is 10.1 Å². The first-order valence-corrected chi connectivity index (χ1v) is 6.00. The highest BCUT2D eigenvalue weighted by molar-refractivity contribution is 5.30. The van der Waals surface area contributed by atoms with Crippen LogP contribution in [-0.2, 0) is 0 Å².